The zero-order chi connectivity index (χ0) is 40.3. The van der Waals surface area contributed by atoms with Crippen LogP contribution in [0.3, 0.4) is 0 Å². The molecule has 0 spiro atoms. The Morgan fingerprint density at radius 3 is 1.75 bits per heavy atom. The molecule has 10 heteroatoms. The van der Waals surface area contributed by atoms with Crippen molar-refractivity contribution >= 4 is 55.9 Å². The van der Waals surface area contributed by atoms with E-state index in [1.165, 1.54) is 22.3 Å². The highest BCUT2D eigenvalue weighted by Gasteiger charge is 2.49. The predicted molar refractivity (Wildman–Crippen MR) is 226 cm³/mol. The Bertz CT molecular complexity index is 2270. The number of fused-ring (bicyclic) bond motifs is 8. The third-order valence-electron chi connectivity index (χ3n) is 12.4. The summed E-state index contributed by atoms with van der Waals surface area (Å²) in [6.45, 7) is 19.2. The normalized spacial score (nSPS) is 19.1. The molecule has 0 radical (unpaired) electrons. The van der Waals surface area contributed by atoms with Crippen LogP contribution in [-0.4, -0.2) is 43.2 Å². The highest BCUT2D eigenvalue weighted by molar-refractivity contribution is 5.98. The van der Waals surface area contributed by atoms with Crippen LogP contribution >= 0.6 is 0 Å². The maximum absolute atomic E-state index is 14.3. The smallest absolute Gasteiger partial charge is 0.199 e. The average molecular weight is 762 g/mol. The van der Waals surface area contributed by atoms with E-state index in [0.717, 1.165) is 99.9 Å². The molecule has 6 rings (SSSR count). The number of aromatic nitrogens is 4. The number of ether oxygens (including phenoxy) is 1. The van der Waals surface area contributed by atoms with E-state index in [0.29, 0.717) is 24.3 Å². The molecule has 10 nitrogen and oxygen atoms in total. The Kier molecular flexibility index (Phi) is 12.5. The van der Waals surface area contributed by atoms with Gasteiger partial charge in [-0.05, 0) is 121 Å². The van der Waals surface area contributed by atoms with E-state index in [4.69, 9.17) is 19.5 Å². The minimum atomic E-state index is -1.44. The monoisotopic (exact) mass is 761 g/mol. The van der Waals surface area contributed by atoms with E-state index in [2.05, 4.69) is 88.9 Å². The number of aromatic amines is 2. The Morgan fingerprint density at radius 1 is 0.643 bits per heavy atom. The standard InChI is InChI=1S/C46H59N5O5/c1-10-27-29(12-3)37-24-39-31(14-5)33(16-7)42(49-39)44(55-45-41(53)20-19-26(52)21-22-46(45,18-9)56-51-54)43-34(17-8)32(15-6)40(50-43)25-38-30(13-4)28(11-2)36(48-38)23-35(27)47-37/h23-25,45,47,49H,10-22H2,1-9H3. The van der Waals surface area contributed by atoms with Crippen LogP contribution < -0.4 is 4.74 Å². The lowest BCUT2D eigenvalue weighted by Gasteiger charge is -2.37. The van der Waals surface area contributed by atoms with Gasteiger partial charge in [0.2, 0.25) is 0 Å². The molecule has 298 valence electrons. The molecular weight excluding hydrogens is 703 g/mol. The Labute approximate surface area is 330 Å². The van der Waals surface area contributed by atoms with Gasteiger partial charge in [0.05, 0.1) is 22.6 Å². The summed E-state index contributed by atoms with van der Waals surface area (Å²) in [5.41, 5.74) is 15.2. The first-order chi connectivity index (χ1) is 27.1. The van der Waals surface area contributed by atoms with Gasteiger partial charge in [0.1, 0.15) is 11.5 Å². The molecule has 3 aromatic heterocycles. The first-order valence-corrected chi connectivity index (χ1v) is 21.1. The van der Waals surface area contributed by atoms with Crippen LogP contribution in [0.1, 0.15) is 165 Å². The molecule has 3 aromatic rings. The summed E-state index contributed by atoms with van der Waals surface area (Å²) >= 11 is 0. The summed E-state index contributed by atoms with van der Waals surface area (Å²) in [6.07, 6.45) is 5.70. The van der Waals surface area contributed by atoms with Crippen molar-refractivity contribution in [2.24, 2.45) is 5.34 Å². The first-order valence-electron chi connectivity index (χ1n) is 21.1. The number of H-pyrrole nitrogens is 2. The van der Waals surface area contributed by atoms with Gasteiger partial charge >= 0.3 is 0 Å². The summed E-state index contributed by atoms with van der Waals surface area (Å²) in [7, 11) is 0. The third kappa shape index (κ3) is 7.05. The quantitative estimate of drug-likeness (QED) is 0.130. The second-order valence-corrected chi connectivity index (χ2v) is 15.1. The Hall–Kier alpha value is -4.86. The van der Waals surface area contributed by atoms with Crippen molar-refractivity contribution in [3.05, 3.63) is 68.1 Å². The fourth-order valence-corrected chi connectivity index (χ4v) is 9.45. The maximum Gasteiger partial charge on any atom is 0.199 e. The fourth-order valence-electron chi connectivity index (χ4n) is 9.45. The number of aryl methyl sites for hydroxylation is 4. The van der Waals surface area contributed by atoms with Crippen molar-refractivity contribution < 1.29 is 19.2 Å². The molecule has 56 heavy (non-hydrogen) atoms. The molecule has 8 bridgehead atoms. The second-order valence-electron chi connectivity index (χ2n) is 15.1. The van der Waals surface area contributed by atoms with Gasteiger partial charge in [-0.1, -0.05) is 62.3 Å². The molecule has 0 amide bonds. The number of ketones is 2. The molecule has 2 atom stereocenters. The van der Waals surface area contributed by atoms with Crippen molar-refractivity contribution in [2.75, 3.05) is 0 Å². The number of nitrogens with zero attached hydrogens (tertiary/aromatic N) is 3. The van der Waals surface area contributed by atoms with Crippen LogP contribution in [0.15, 0.2) is 23.5 Å². The highest BCUT2D eigenvalue weighted by atomic mass is 16.7. The van der Waals surface area contributed by atoms with E-state index in [9.17, 15) is 14.5 Å². The number of hydrogen-bond acceptors (Lipinski definition) is 8. The van der Waals surface area contributed by atoms with Crippen molar-refractivity contribution in [1.82, 2.24) is 19.9 Å². The molecule has 5 heterocycles. The van der Waals surface area contributed by atoms with E-state index in [1.54, 1.807) is 0 Å². The van der Waals surface area contributed by atoms with Gasteiger partial charge in [-0.25, -0.2) is 9.97 Å². The summed E-state index contributed by atoms with van der Waals surface area (Å²) in [5, 5.41) is 2.87. The van der Waals surface area contributed by atoms with Crippen LogP contribution in [0.5, 0.6) is 5.75 Å². The lowest BCUT2D eigenvalue weighted by Crippen LogP contribution is -2.52. The summed E-state index contributed by atoms with van der Waals surface area (Å²) in [4.78, 5) is 62.9. The van der Waals surface area contributed by atoms with Crippen molar-refractivity contribution in [3.8, 4) is 5.75 Å². The van der Waals surface area contributed by atoms with Gasteiger partial charge in [0.25, 0.3) is 0 Å². The summed E-state index contributed by atoms with van der Waals surface area (Å²) < 4.78 is 7.16. The minimum Gasteiger partial charge on any atom is -0.474 e. The van der Waals surface area contributed by atoms with E-state index in [-0.39, 0.29) is 43.7 Å². The molecule has 1 aliphatic carbocycles. The number of carbonyl (C=O) groups is 2. The van der Waals surface area contributed by atoms with Crippen molar-refractivity contribution in [3.63, 3.8) is 0 Å². The van der Waals surface area contributed by atoms with Crippen molar-refractivity contribution in [1.29, 1.82) is 0 Å². The molecule has 1 saturated carbocycles. The lowest BCUT2D eigenvalue weighted by molar-refractivity contribution is -0.158. The van der Waals surface area contributed by atoms with Crippen LogP contribution in [0.4, 0.5) is 0 Å². The number of Topliss-reactive ketones (excluding diaryl/α,β-unsaturated/α-hetero) is 2. The van der Waals surface area contributed by atoms with Gasteiger partial charge in [-0.15, -0.1) is 4.91 Å². The largest absolute Gasteiger partial charge is 0.474 e. The Morgan fingerprint density at radius 2 is 1.18 bits per heavy atom. The molecule has 2 N–H and O–H groups in total. The topological polar surface area (TPSA) is 139 Å². The third-order valence-corrected chi connectivity index (χ3v) is 12.4. The Balaban J connectivity index is 1.85. The van der Waals surface area contributed by atoms with Gasteiger partial charge in [0.15, 0.2) is 28.6 Å². The summed E-state index contributed by atoms with van der Waals surface area (Å²) in [6, 6.07) is 6.60. The van der Waals surface area contributed by atoms with Gasteiger partial charge in [0, 0.05) is 42.2 Å². The minimum absolute atomic E-state index is 0.0179. The molecule has 3 aliphatic rings. The van der Waals surface area contributed by atoms with Gasteiger partial charge < -0.3 is 19.5 Å². The number of nitrogens with one attached hydrogen (secondary N) is 2. The van der Waals surface area contributed by atoms with Crippen LogP contribution in [0.25, 0.3) is 44.4 Å². The second kappa shape index (κ2) is 17.1. The first kappa shape index (κ1) is 40.8. The van der Waals surface area contributed by atoms with E-state index >= 15 is 0 Å². The van der Waals surface area contributed by atoms with E-state index < -0.39 is 11.7 Å². The SMILES string of the molecule is CCC1=C(CC)c2cc3[nH]c(cc4[nH]c(c(CC)c4CC)c(OC4C(=O)CCC(=O)CCC4(CC)ON=O)c4nc(cc1n2)C(CC)=C4CC)c(CC)c3CC. The van der Waals surface area contributed by atoms with Crippen LogP contribution in [0, 0.1) is 4.91 Å². The zero-order valence-electron chi connectivity index (χ0n) is 34.9. The van der Waals surface area contributed by atoms with Gasteiger partial charge in [-0.3, -0.25) is 9.59 Å². The average Bonchev–Trinajstić information content (AvgIpc) is 3.94. The molecule has 0 saturated heterocycles. The molecule has 0 aromatic carbocycles. The van der Waals surface area contributed by atoms with Crippen molar-refractivity contribution in [2.45, 2.75) is 157 Å². The zero-order valence-corrected chi connectivity index (χ0v) is 34.9. The maximum atomic E-state index is 14.3. The highest BCUT2D eigenvalue weighted by Crippen LogP contribution is 2.45. The predicted octanol–water partition coefficient (Wildman–Crippen LogP) is 11.3. The molecular formula is C46H59N5O5. The molecule has 2 aliphatic heterocycles. The van der Waals surface area contributed by atoms with Crippen LogP contribution in [0.2, 0.25) is 0 Å². The molecule has 1 fully saturated rings. The number of carbonyl (C=O) groups excluding carboxylic acids is 2. The number of allylic oxidation sites excluding steroid dienone is 4. The lowest BCUT2D eigenvalue weighted by atomic mass is 9.81. The van der Waals surface area contributed by atoms with E-state index in [1.807, 2.05) is 6.92 Å². The summed E-state index contributed by atoms with van der Waals surface area (Å²) in [5.74, 6) is 0.0967. The fraction of sp³-hybridized carbons (Fsp3) is 0.522. The van der Waals surface area contributed by atoms with Gasteiger partial charge in [-0.2, -0.15) is 0 Å². The number of rotatable bonds is 13. The molecule has 2 unspecified atom stereocenters. The number of hydrogen-bond donors (Lipinski definition) is 2. The van der Waals surface area contributed by atoms with Crippen LogP contribution in [-0.2, 0) is 40.1 Å².